The van der Waals surface area contributed by atoms with Gasteiger partial charge in [-0.25, -0.2) is 0 Å². The summed E-state index contributed by atoms with van der Waals surface area (Å²) in [7, 11) is 0. The first-order valence-corrected chi connectivity index (χ1v) is 6.13. The molecule has 4 nitrogen and oxygen atoms in total. The molecule has 2 aliphatic rings. The summed E-state index contributed by atoms with van der Waals surface area (Å²) in [6.07, 6.45) is 1.15. The monoisotopic (exact) mass is 235 g/mol. The van der Waals surface area contributed by atoms with Crippen molar-refractivity contribution < 1.29 is 14.2 Å². The molecule has 1 aromatic carbocycles. The van der Waals surface area contributed by atoms with Crippen LogP contribution in [0.4, 0.5) is 5.69 Å². The SMILES string of the molecule is c1cc2c(cc1NCC1CCOC1)OCCO2. The Morgan fingerprint density at radius 3 is 2.82 bits per heavy atom. The van der Waals surface area contributed by atoms with Crippen LogP contribution in [0.1, 0.15) is 6.42 Å². The van der Waals surface area contributed by atoms with Crippen LogP contribution in [0.3, 0.4) is 0 Å². The first-order valence-electron chi connectivity index (χ1n) is 6.13. The molecule has 1 fully saturated rings. The zero-order valence-corrected chi connectivity index (χ0v) is 9.78. The van der Waals surface area contributed by atoms with Crippen LogP contribution < -0.4 is 14.8 Å². The second-order valence-corrected chi connectivity index (χ2v) is 4.47. The Kier molecular flexibility index (Phi) is 3.05. The maximum Gasteiger partial charge on any atom is 0.163 e. The van der Waals surface area contributed by atoms with Crippen molar-refractivity contribution in [3.8, 4) is 11.5 Å². The lowest BCUT2D eigenvalue weighted by atomic mass is 10.1. The molecule has 2 aliphatic heterocycles. The van der Waals surface area contributed by atoms with Gasteiger partial charge in [-0.2, -0.15) is 0 Å². The first-order chi connectivity index (χ1) is 8.42. The van der Waals surface area contributed by atoms with Crippen molar-refractivity contribution in [2.45, 2.75) is 6.42 Å². The van der Waals surface area contributed by atoms with Gasteiger partial charge in [0.2, 0.25) is 0 Å². The van der Waals surface area contributed by atoms with Crippen LogP contribution in [0.25, 0.3) is 0 Å². The molecule has 0 bridgehead atoms. The summed E-state index contributed by atoms with van der Waals surface area (Å²) >= 11 is 0. The summed E-state index contributed by atoms with van der Waals surface area (Å²) in [6.45, 7) is 4.00. The van der Waals surface area contributed by atoms with Crippen LogP contribution >= 0.6 is 0 Å². The molecule has 1 unspecified atom stereocenters. The maximum atomic E-state index is 5.55. The van der Waals surface area contributed by atoms with Crippen LogP contribution in [0.15, 0.2) is 18.2 Å². The topological polar surface area (TPSA) is 39.7 Å². The number of ether oxygens (including phenoxy) is 3. The van der Waals surface area contributed by atoms with E-state index in [9.17, 15) is 0 Å². The van der Waals surface area contributed by atoms with E-state index in [1.165, 1.54) is 0 Å². The van der Waals surface area contributed by atoms with E-state index >= 15 is 0 Å². The summed E-state index contributed by atoms with van der Waals surface area (Å²) in [5.74, 6) is 2.30. The minimum absolute atomic E-state index is 0.628. The Balaban J connectivity index is 1.62. The number of fused-ring (bicyclic) bond motifs is 1. The van der Waals surface area contributed by atoms with E-state index in [0.717, 1.165) is 43.4 Å². The van der Waals surface area contributed by atoms with Crippen LogP contribution in [0.2, 0.25) is 0 Å². The average Bonchev–Trinajstić information content (AvgIpc) is 2.89. The Hall–Kier alpha value is -1.42. The molecule has 17 heavy (non-hydrogen) atoms. The summed E-state index contributed by atoms with van der Waals surface area (Å²) in [4.78, 5) is 0. The highest BCUT2D eigenvalue weighted by Crippen LogP contribution is 2.32. The van der Waals surface area contributed by atoms with E-state index in [-0.39, 0.29) is 0 Å². The van der Waals surface area contributed by atoms with Gasteiger partial charge in [-0.05, 0) is 18.6 Å². The normalized spacial score (nSPS) is 22.5. The minimum atomic E-state index is 0.628. The van der Waals surface area contributed by atoms with Crippen LogP contribution in [-0.4, -0.2) is 33.0 Å². The average molecular weight is 235 g/mol. The highest BCUT2D eigenvalue weighted by molar-refractivity contribution is 5.55. The van der Waals surface area contributed by atoms with Crippen molar-refractivity contribution in [1.82, 2.24) is 0 Å². The van der Waals surface area contributed by atoms with Gasteiger partial charge in [0.15, 0.2) is 11.5 Å². The fraction of sp³-hybridized carbons (Fsp3) is 0.538. The van der Waals surface area contributed by atoms with E-state index in [1.807, 2.05) is 18.2 Å². The second kappa shape index (κ2) is 4.84. The van der Waals surface area contributed by atoms with Crippen molar-refractivity contribution in [1.29, 1.82) is 0 Å². The molecular weight excluding hydrogens is 218 g/mol. The Labute approximate surface area is 101 Å². The quantitative estimate of drug-likeness (QED) is 0.868. The first kappa shape index (κ1) is 10.7. The van der Waals surface area contributed by atoms with Gasteiger partial charge in [0.1, 0.15) is 13.2 Å². The zero-order chi connectivity index (χ0) is 11.5. The van der Waals surface area contributed by atoms with Gasteiger partial charge in [0.25, 0.3) is 0 Å². The van der Waals surface area contributed by atoms with Crippen molar-refractivity contribution >= 4 is 5.69 Å². The number of benzene rings is 1. The largest absolute Gasteiger partial charge is 0.486 e. The predicted octanol–water partition coefficient (Wildman–Crippen LogP) is 1.91. The van der Waals surface area contributed by atoms with Crippen LogP contribution in [-0.2, 0) is 4.74 Å². The van der Waals surface area contributed by atoms with E-state index < -0.39 is 0 Å². The van der Waals surface area contributed by atoms with Crippen molar-refractivity contribution in [3.63, 3.8) is 0 Å². The molecular formula is C13H17NO3. The van der Waals surface area contributed by atoms with Gasteiger partial charge in [-0.15, -0.1) is 0 Å². The third-order valence-corrected chi connectivity index (χ3v) is 3.16. The highest BCUT2D eigenvalue weighted by atomic mass is 16.6. The Morgan fingerprint density at radius 2 is 2.00 bits per heavy atom. The Bertz CT molecular complexity index is 388. The number of rotatable bonds is 3. The number of anilines is 1. The molecule has 1 saturated heterocycles. The number of hydrogen-bond acceptors (Lipinski definition) is 4. The summed E-state index contributed by atoms with van der Waals surface area (Å²) in [6, 6.07) is 6.00. The second-order valence-electron chi connectivity index (χ2n) is 4.47. The zero-order valence-electron chi connectivity index (χ0n) is 9.78. The van der Waals surface area contributed by atoms with Gasteiger partial charge in [-0.3, -0.25) is 0 Å². The molecule has 3 rings (SSSR count). The lowest BCUT2D eigenvalue weighted by molar-refractivity contribution is 0.171. The lowest BCUT2D eigenvalue weighted by Crippen LogP contribution is -2.16. The predicted molar refractivity (Wildman–Crippen MR) is 64.8 cm³/mol. The van der Waals surface area contributed by atoms with Gasteiger partial charge in [0, 0.05) is 30.8 Å². The smallest absolute Gasteiger partial charge is 0.163 e. The molecule has 92 valence electrons. The Morgan fingerprint density at radius 1 is 1.12 bits per heavy atom. The van der Waals surface area contributed by atoms with Gasteiger partial charge < -0.3 is 19.5 Å². The van der Waals surface area contributed by atoms with E-state index in [4.69, 9.17) is 14.2 Å². The third kappa shape index (κ3) is 2.47. The fourth-order valence-electron chi connectivity index (χ4n) is 2.16. The lowest BCUT2D eigenvalue weighted by Gasteiger charge is -2.19. The van der Waals surface area contributed by atoms with Crippen LogP contribution in [0, 0.1) is 5.92 Å². The number of nitrogens with one attached hydrogen (secondary N) is 1. The molecule has 0 aliphatic carbocycles. The van der Waals surface area contributed by atoms with Crippen molar-refractivity contribution in [2.75, 3.05) is 38.3 Å². The summed E-state index contributed by atoms with van der Waals surface area (Å²) in [5, 5.41) is 3.42. The third-order valence-electron chi connectivity index (χ3n) is 3.16. The highest BCUT2D eigenvalue weighted by Gasteiger charge is 2.16. The van der Waals surface area contributed by atoms with Gasteiger partial charge >= 0.3 is 0 Å². The molecule has 4 heteroatoms. The fourth-order valence-corrected chi connectivity index (χ4v) is 2.16. The van der Waals surface area contributed by atoms with Gasteiger partial charge in [-0.1, -0.05) is 0 Å². The molecule has 2 heterocycles. The molecule has 0 amide bonds. The molecule has 1 N–H and O–H groups in total. The maximum absolute atomic E-state index is 5.55. The minimum Gasteiger partial charge on any atom is -0.486 e. The number of hydrogen-bond donors (Lipinski definition) is 1. The van der Waals surface area contributed by atoms with Crippen molar-refractivity contribution in [3.05, 3.63) is 18.2 Å². The molecule has 0 aromatic heterocycles. The standard InChI is InChI=1S/C13H17NO3/c1-2-12-13(17-6-5-16-12)7-11(1)14-8-10-3-4-15-9-10/h1-2,7,10,14H,3-6,8-9H2. The van der Waals surface area contributed by atoms with Crippen LogP contribution in [0.5, 0.6) is 11.5 Å². The van der Waals surface area contributed by atoms with E-state index in [0.29, 0.717) is 19.1 Å². The molecule has 1 aromatic rings. The summed E-state index contributed by atoms with van der Waals surface area (Å²) < 4.78 is 16.4. The molecule has 1 atom stereocenters. The molecule has 0 spiro atoms. The van der Waals surface area contributed by atoms with E-state index in [2.05, 4.69) is 5.32 Å². The molecule has 0 saturated carbocycles. The van der Waals surface area contributed by atoms with Crippen molar-refractivity contribution in [2.24, 2.45) is 5.92 Å². The summed E-state index contributed by atoms with van der Waals surface area (Å²) in [5.41, 5.74) is 1.08. The van der Waals surface area contributed by atoms with Gasteiger partial charge in [0.05, 0.1) is 6.61 Å². The van der Waals surface area contributed by atoms with E-state index in [1.54, 1.807) is 0 Å². The molecule has 0 radical (unpaired) electrons.